The number of halogens is 3. The highest BCUT2D eigenvalue weighted by atomic mass is 32.2. The highest BCUT2D eigenvalue weighted by Crippen LogP contribution is 2.36. The van der Waals surface area contributed by atoms with E-state index in [4.69, 9.17) is 0 Å². The van der Waals surface area contributed by atoms with E-state index in [0.717, 1.165) is 35.3 Å². The summed E-state index contributed by atoms with van der Waals surface area (Å²) >= 11 is 0. The third-order valence-electron chi connectivity index (χ3n) is 4.85. The lowest BCUT2D eigenvalue weighted by Gasteiger charge is -2.14. The van der Waals surface area contributed by atoms with Gasteiger partial charge in [-0.15, -0.1) is 0 Å². The van der Waals surface area contributed by atoms with Crippen molar-refractivity contribution >= 4 is 15.8 Å². The van der Waals surface area contributed by atoms with Crippen LogP contribution >= 0.6 is 0 Å². The zero-order chi connectivity index (χ0) is 24.3. The van der Waals surface area contributed by atoms with Crippen LogP contribution in [0.4, 0.5) is 19.1 Å². The summed E-state index contributed by atoms with van der Waals surface area (Å²) in [4.78, 5) is 15.9. The van der Waals surface area contributed by atoms with E-state index in [1.807, 2.05) is 42.5 Å². The molecule has 1 aromatic carbocycles. The summed E-state index contributed by atoms with van der Waals surface area (Å²) in [6.45, 7) is 0.276. The van der Waals surface area contributed by atoms with Crippen LogP contribution in [-0.2, 0) is 22.6 Å². The molecule has 174 valence electrons. The van der Waals surface area contributed by atoms with Gasteiger partial charge >= 0.3 is 6.18 Å². The van der Waals surface area contributed by atoms with Crippen molar-refractivity contribution in [1.29, 1.82) is 0 Å². The van der Waals surface area contributed by atoms with E-state index in [0.29, 0.717) is 6.20 Å². The van der Waals surface area contributed by atoms with E-state index in [2.05, 4.69) is 25.3 Å². The summed E-state index contributed by atoms with van der Waals surface area (Å²) in [5, 5.41) is 2.68. The van der Waals surface area contributed by atoms with E-state index >= 15 is 0 Å². The van der Waals surface area contributed by atoms with E-state index < -0.39 is 27.3 Å². The molecule has 4 aromatic rings. The topological polar surface area (TPSA) is 97.7 Å². The maximum atomic E-state index is 13.5. The van der Waals surface area contributed by atoms with Gasteiger partial charge in [-0.1, -0.05) is 30.3 Å². The molecule has 34 heavy (non-hydrogen) atoms. The van der Waals surface area contributed by atoms with Crippen LogP contribution in [0.15, 0.2) is 78.2 Å². The number of sulfone groups is 1. The van der Waals surface area contributed by atoms with Crippen LogP contribution in [0.1, 0.15) is 11.1 Å². The molecule has 0 spiro atoms. The van der Waals surface area contributed by atoms with Crippen molar-refractivity contribution in [2.45, 2.75) is 17.7 Å². The predicted molar refractivity (Wildman–Crippen MR) is 120 cm³/mol. The fourth-order valence-corrected chi connectivity index (χ4v) is 3.70. The molecule has 11 heteroatoms. The fraction of sp³-hybridized carbons (Fsp3) is 0.130. The summed E-state index contributed by atoms with van der Waals surface area (Å²) in [5.74, 6) is -0.0102. The molecule has 0 radical (unpaired) electrons. The number of rotatable bonds is 6. The molecule has 0 aliphatic carbocycles. The van der Waals surface area contributed by atoms with Crippen LogP contribution in [0.3, 0.4) is 0 Å². The number of aromatic nitrogens is 4. The second kappa shape index (κ2) is 9.18. The molecule has 0 aliphatic heterocycles. The van der Waals surface area contributed by atoms with Crippen molar-refractivity contribution in [3.05, 3.63) is 84.3 Å². The number of alkyl halides is 3. The highest BCUT2D eigenvalue weighted by Gasteiger charge is 2.35. The molecule has 0 unspecified atom stereocenters. The monoisotopic (exact) mass is 485 g/mol. The van der Waals surface area contributed by atoms with Crippen LogP contribution in [0.25, 0.3) is 22.5 Å². The Bertz CT molecular complexity index is 1390. The van der Waals surface area contributed by atoms with E-state index in [9.17, 15) is 21.6 Å². The van der Waals surface area contributed by atoms with E-state index in [1.165, 1.54) is 6.07 Å². The summed E-state index contributed by atoms with van der Waals surface area (Å²) in [6.07, 6.45) is -0.293. The first-order valence-electron chi connectivity index (χ1n) is 9.96. The van der Waals surface area contributed by atoms with Crippen molar-refractivity contribution in [3.63, 3.8) is 0 Å². The van der Waals surface area contributed by atoms with Gasteiger partial charge in [-0.3, -0.25) is 4.98 Å². The smallest absolute Gasteiger partial charge is 0.350 e. The number of nitrogens with one attached hydrogen (secondary N) is 1. The van der Waals surface area contributed by atoms with Crippen molar-refractivity contribution in [1.82, 2.24) is 19.9 Å². The predicted octanol–water partition coefficient (Wildman–Crippen LogP) is 4.64. The summed E-state index contributed by atoms with van der Waals surface area (Å²) in [6, 6.07) is 15.5. The van der Waals surface area contributed by atoms with Gasteiger partial charge in [0, 0.05) is 42.5 Å². The number of anilines is 1. The molecule has 3 aromatic heterocycles. The molecule has 0 amide bonds. The largest absolute Gasteiger partial charge is 0.419 e. The third-order valence-corrected chi connectivity index (χ3v) is 5.85. The Kier molecular flexibility index (Phi) is 6.29. The Morgan fingerprint density at radius 3 is 2.21 bits per heavy atom. The first-order valence-corrected chi connectivity index (χ1v) is 11.9. The zero-order valence-electron chi connectivity index (χ0n) is 17.8. The normalized spacial score (nSPS) is 11.9. The number of pyridine rings is 2. The number of nitrogens with zero attached hydrogens (tertiary/aromatic N) is 4. The van der Waals surface area contributed by atoms with E-state index in [1.54, 1.807) is 6.20 Å². The van der Waals surface area contributed by atoms with Crippen LogP contribution in [0, 0.1) is 0 Å². The van der Waals surface area contributed by atoms with Gasteiger partial charge in [-0.25, -0.2) is 23.4 Å². The minimum absolute atomic E-state index is 0.0102. The first kappa shape index (κ1) is 23.3. The lowest BCUT2D eigenvalue weighted by atomic mass is 10.1. The van der Waals surface area contributed by atoms with Crippen LogP contribution in [0.2, 0.25) is 0 Å². The lowest BCUT2D eigenvalue weighted by molar-refractivity contribution is -0.137. The maximum Gasteiger partial charge on any atom is 0.419 e. The summed E-state index contributed by atoms with van der Waals surface area (Å²) in [7, 11) is -3.59. The molecule has 3 heterocycles. The average molecular weight is 485 g/mol. The quantitative estimate of drug-likeness (QED) is 0.425. The molecular formula is C23H18F3N5O2S. The Morgan fingerprint density at radius 2 is 1.62 bits per heavy atom. The molecule has 0 atom stereocenters. The minimum atomic E-state index is -4.70. The van der Waals surface area contributed by atoms with Crippen molar-refractivity contribution in [2.24, 2.45) is 0 Å². The Hall–Kier alpha value is -3.86. The molecule has 4 rings (SSSR count). The van der Waals surface area contributed by atoms with Gasteiger partial charge in [0.05, 0.1) is 11.4 Å². The molecule has 1 N–H and O–H groups in total. The lowest BCUT2D eigenvalue weighted by Crippen LogP contribution is -2.12. The van der Waals surface area contributed by atoms with Crippen LogP contribution < -0.4 is 5.32 Å². The summed E-state index contributed by atoms with van der Waals surface area (Å²) in [5.41, 5.74) is 1.19. The number of benzene rings is 1. The molecule has 7 nitrogen and oxygen atoms in total. The number of hydrogen-bond donors (Lipinski definition) is 1. The van der Waals surface area contributed by atoms with Gasteiger partial charge in [0.25, 0.3) is 0 Å². The zero-order valence-corrected chi connectivity index (χ0v) is 18.6. The second-order valence-electron chi connectivity index (χ2n) is 7.38. The van der Waals surface area contributed by atoms with Crippen molar-refractivity contribution in [3.8, 4) is 22.5 Å². The van der Waals surface area contributed by atoms with Gasteiger partial charge < -0.3 is 5.32 Å². The standard InChI is InChI=1S/C23H18F3N5O2S/c1-34(32,33)20-10-9-17(13-28-20)21-18(23(24,25)26)14-30-22(31-21)29-12-15-5-7-16(8-6-15)19-4-2-3-11-27-19/h2-11,13-14H,12H2,1H3,(H,29,30,31). The first-order chi connectivity index (χ1) is 16.1. The Labute approximate surface area is 193 Å². The second-order valence-corrected chi connectivity index (χ2v) is 9.34. The third kappa shape index (κ3) is 5.37. The van der Waals surface area contributed by atoms with Crippen LogP contribution in [0.5, 0.6) is 0 Å². The average Bonchev–Trinajstić information content (AvgIpc) is 2.82. The van der Waals surface area contributed by atoms with Crippen molar-refractivity contribution < 1.29 is 21.6 Å². The van der Waals surface area contributed by atoms with Gasteiger partial charge in [0.15, 0.2) is 14.9 Å². The van der Waals surface area contributed by atoms with Crippen molar-refractivity contribution in [2.75, 3.05) is 11.6 Å². The SMILES string of the molecule is CS(=O)(=O)c1ccc(-c2nc(NCc3ccc(-c4ccccn4)cc3)ncc2C(F)(F)F)cn1. The molecule has 0 fully saturated rings. The molecular weight excluding hydrogens is 467 g/mol. The van der Waals surface area contributed by atoms with Gasteiger partial charge in [0.2, 0.25) is 5.95 Å². The van der Waals surface area contributed by atoms with E-state index in [-0.39, 0.29) is 23.1 Å². The Morgan fingerprint density at radius 1 is 0.882 bits per heavy atom. The van der Waals surface area contributed by atoms with Gasteiger partial charge in [0.1, 0.15) is 5.56 Å². The molecule has 0 saturated carbocycles. The fourth-order valence-electron chi connectivity index (χ4n) is 3.14. The molecule has 0 aliphatic rings. The van der Waals surface area contributed by atoms with Crippen LogP contribution in [-0.4, -0.2) is 34.6 Å². The Balaban J connectivity index is 1.57. The molecule has 0 saturated heterocycles. The highest BCUT2D eigenvalue weighted by molar-refractivity contribution is 7.90. The van der Waals surface area contributed by atoms with Gasteiger partial charge in [-0.2, -0.15) is 13.2 Å². The summed E-state index contributed by atoms with van der Waals surface area (Å²) < 4.78 is 63.8. The van der Waals surface area contributed by atoms with Gasteiger partial charge in [-0.05, 0) is 29.8 Å². The number of hydrogen-bond acceptors (Lipinski definition) is 7. The maximum absolute atomic E-state index is 13.5. The minimum Gasteiger partial charge on any atom is -0.350 e. The molecule has 0 bridgehead atoms.